The van der Waals surface area contributed by atoms with Crippen molar-refractivity contribution in [3.05, 3.63) is 106 Å². The first-order valence-electron chi connectivity index (χ1n) is 10.3. The van der Waals surface area contributed by atoms with Gasteiger partial charge in [-0.25, -0.2) is 0 Å². The summed E-state index contributed by atoms with van der Waals surface area (Å²) in [5, 5.41) is 10.4. The summed E-state index contributed by atoms with van der Waals surface area (Å²) < 4.78 is 6.66. The standard InChI is InChI=1S/C26H26ClNO3/c1-25(2,17-29)18-31-26(20-12-14-21(27)15-13-20)23-11-7-6-10-22(23)24(30)28(26)16-19-8-4-3-5-9-19/h3-15,29H,16-18H2,1-2H3. The summed E-state index contributed by atoms with van der Waals surface area (Å²) in [6.45, 7) is 4.49. The van der Waals surface area contributed by atoms with Crippen molar-refractivity contribution in [3.8, 4) is 0 Å². The molecule has 1 heterocycles. The van der Waals surface area contributed by atoms with Crippen molar-refractivity contribution in [1.82, 2.24) is 4.90 Å². The minimum Gasteiger partial charge on any atom is -0.396 e. The van der Waals surface area contributed by atoms with Gasteiger partial charge in [-0.2, -0.15) is 0 Å². The summed E-state index contributed by atoms with van der Waals surface area (Å²) >= 11 is 6.18. The zero-order valence-electron chi connectivity index (χ0n) is 17.7. The van der Waals surface area contributed by atoms with Crippen LogP contribution in [0.15, 0.2) is 78.9 Å². The molecule has 1 aliphatic heterocycles. The molecule has 4 rings (SSSR count). The van der Waals surface area contributed by atoms with Gasteiger partial charge in [-0.3, -0.25) is 9.69 Å². The second kappa shape index (κ2) is 8.46. The molecule has 31 heavy (non-hydrogen) atoms. The third-order valence-corrected chi connectivity index (χ3v) is 5.92. The maximum atomic E-state index is 13.6. The Morgan fingerprint density at radius 3 is 2.29 bits per heavy atom. The number of ether oxygens (including phenoxy) is 1. The van der Waals surface area contributed by atoms with Crippen LogP contribution in [0.4, 0.5) is 0 Å². The Kier molecular flexibility index (Phi) is 5.89. The van der Waals surface area contributed by atoms with Gasteiger partial charge < -0.3 is 9.84 Å². The molecule has 0 aliphatic carbocycles. The van der Waals surface area contributed by atoms with Crippen LogP contribution in [0.3, 0.4) is 0 Å². The Balaban J connectivity index is 1.90. The van der Waals surface area contributed by atoms with E-state index >= 15 is 0 Å². The number of rotatable bonds is 7. The molecule has 4 nitrogen and oxygen atoms in total. The molecule has 0 saturated carbocycles. The van der Waals surface area contributed by atoms with Crippen molar-refractivity contribution in [1.29, 1.82) is 0 Å². The van der Waals surface area contributed by atoms with Crippen molar-refractivity contribution in [3.63, 3.8) is 0 Å². The van der Waals surface area contributed by atoms with Crippen LogP contribution in [0.5, 0.6) is 0 Å². The summed E-state index contributed by atoms with van der Waals surface area (Å²) in [5.41, 5.74) is 1.65. The number of nitrogens with zero attached hydrogens (tertiary/aromatic N) is 1. The summed E-state index contributed by atoms with van der Waals surface area (Å²) in [6.07, 6.45) is 0. The molecule has 3 aromatic rings. The zero-order valence-corrected chi connectivity index (χ0v) is 18.5. The van der Waals surface area contributed by atoms with Gasteiger partial charge in [0.05, 0.1) is 13.2 Å². The van der Waals surface area contributed by atoms with Crippen LogP contribution >= 0.6 is 11.6 Å². The van der Waals surface area contributed by atoms with Crippen molar-refractivity contribution < 1.29 is 14.6 Å². The van der Waals surface area contributed by atoms with E-state index in [1.54, 1.807) is 4.90 Å². The average molecular weight is 436 g/mol. The number of amides is 1. The molecular weight excluding hydrogens is 410 g/mol. The number of fused-ring (bicyclic) bond motifs is 1. The van der Waals surface area contributed by atoms with Gasteiger partial charge in [0, 0.05) is 33.7 Å². The van der Waals surface area contributed by atoms with E-state index in [0.717, 1.165) is 16.7 Å². The fourth-order valence-electron chi connectivity index (χ4n) is 3.92. The summed E-state index contributed by atoms with van der Waals surface area (Å²) in [6, 6.07) is 24.9. The number of aliphatic hydroxyl groups excluding tert-OH is 1. The molecule has 5 heteroatoms. The lowest BCUT2D eigenvalue weighted by atomic mass is 9.91. The number of hydrogen-bond acceptors (Lipinski definition) is 3. The minimum atomic E-state index is -1.12. The van der Waals surface area contributed by atoms with Crippen LogP contribution in [0, 0.1) is 5.41 Å². The van der Waals surface area contributed by atoms with Gasteiger partial charge in [0.25, 0.3) is 5.91 Å². The van der Waals surface area contributed by atoms with Crippen LogP contribution in [-0.4, -0.2) is 29.1 Å². The number of carbonyl (C=O) groups is 1. The van der Waals surface area contributed by atoms with E-state index in [-0.39, 0.29) is 19.1 Å². The van der Waals surface area contributed by atoms with Crippen LogP contribution in [0.1, 0.15) is 40.9 Å². The molecular formula is C26H26ClNO3. The van der Waals surface area contributed by atoms with Crippen LogP contribution < -0.4 is 0 Å². The third-order valence-electron chi connectivity index (χ3n) is 5.67. The minimum absolute atomic E-state index is 0.0298. The highest BCUT2D eigenvalue weighted by Crippen LogP contribution is 2.47. The number of carbonyl (C=O) groups excluding carboxylic acids is 1. The number of halogens is 1. The van der Waals surface area contributed by atoms with E-state index in [0.29, 0.717) is 17.1 Å². The first kappa shape index (κ1) is 21.6. The molecule has 0 bridgehead atoms. The van der Waals surface area contributed by atoms with Crippen molar-refractivity contribution in [2.75, 3.05) is 13.2 Å². The molecule has 0 spiro atoms. The fourth-order valence-corrected chi connectivity index (χ4v) is 4.05. The molecule has 0 fully saturated rings. The Labute approximate surface area is 188 Å². The van der Waals surface area contributed by atoms with E-state index in [1.165, 1.54) is 0 Å². The summed E-state index contributed by atoms with van der Waals surface area (Å²) in [4.78, 5) is 15.4. The third kappa shape index (κ3) is 3.99. The lowest BCUT2D eigenvalue weighted by Gasteiger charge is -2.41. The molecule has 1 N–H and O–H groups in total. The van der Waals surface area contributed by atoms with Gasteiger partial charge in [-0.05, 0) is 23.8 Å². The van der Waals surface area contributed by atoms with Gasteiger partial charge in [-0.15, -0.1) is 0 Å². The van der Waals surface area contributed by atoms with Gasteiger partial charge in [-0.1, -0.05) is 86.1 Å². The molecule has 0 saturated heterocycles. The van der Waals surface area contributed by atoms with Crippen LogP contribution in [0.2, 0.25) is 5.02 Å². The summed E-state index contributed by atoms with van der Waals surface area (Å²) in [7, 11) is 0. The van der Waals surface area contributed by atoms with E-state index in [2.05, 4.69) is 0 Å². The second-order valence-corrected chi connectivity index (χ2v) is 9.12. The first-order valence-corrected chi connectivity index (χ1v) is 10.7. The molecule has 0 radical (unpaired) electrons. The van der Waals surface area contributed by atoms with E-state index in [4.69, 9.17) is 16.3 Å². The molecule has 1 aliphatic rings. The Morgan fingerprint density at radius 1 is 0.968 bits per heavy atom. The highest BCUT2D eigenvalue weighted by atomic mass is 35.5. The molecule has 1 amide bonds. The number of benzene rings is 3. The largest absolute Gasteiger partial charge is 0.396 e. The van der Waals surface area contributed by atoms with Crippen molar-refractivity contribution in [2.24, 2.45) is 5.41 Å². The second-order valence-electron chi connectivity index (χ2n) is 8.68. The SMILES string of the molecule is CC(C)(CO)COC1(c2ccc(Cl)cc2)c2ccccc2C(=O)N1Cc1ccccc1. The van der Waals surface area contributed by atoms with E-state index in [9.17, 15) is 9.90 Å². The zero-order chi connectivity index (χ0) is 22.1. The lowest BCUT2D eigenvalue weighted by molar-refractivity contribution is -0.138. The number of aliphatic hydroxyl groups is 1. The molecule has 160 valence electrons. The normalized spacial score (nSPS) is 18.3. The Hall–Kier alpha value is -2.66. The fraction of sp³-hybridized carbons (Fsp3) is 0.269. The topological polar surface area (TPSA) is 49.8 Å². The monoisotopic (exact) mass is 435 g/mol. The lowest BCUT2D eigenvalue weighted by Crippen LogP contribution is -2.48. The van der Waals surface area contributed by atoms with Crippen LogP contribution in [-0.2, 0) is 17.0 Å². The van der Waals surface area contributed by atoms with Crippen LogP contribution in [0.25, 0.3) is 0 Å². The van der Waals surface area contributed by atoms with Crippen molar-refractivity contribution >= 4 is 17.5 Å². The predicted molar refractivity (Wildman–Crippen MR) is 122 cm³/mol. The number of hydrogen-bond donors (Lipinski definition) is 1. The molecule has 1 unspecified atom stereocenters. The maximum absolute atomic E-state index is 13.6. The molecule has 0 aromatic heterocycles. The first-order chi connectivity index (χ1) is 14.9. The predicted octanol–water partition coefficient (Wildman–Crippen LogP) is 5.23. The Morgan fingerprint density at radius 2 is 1.61 bits per heavy atom. The molecule has 1 atom stereocenters. The molecule has 3 aromatic carbocycles. The highest BCUT2D eigenvalue weighted by Gasteiger charge is 2.52. The Bertz CT molecular complexity index is 1070. The van der Waals surface area contributed by atoms with Gasteiger partial charge >= 0.3 is 0 Å². The van der Waals surface area contributed by atoms with Crippen molar-refractivity contribution in [2.45, 2.75) is 26.1 Å². The van der Waals surface area contributed by atoms with E-state index < -0.39 is 11.1 Å². The van der Waals surface area contributed by atoms with Gasteiger partial charge in [0.15, 0.2) is 5.72 Å². The maximum Gasteiger partial charge on any atom is 0.257 e. The quantitative estimate of drug-likeness (QED) is 0.552. The summed E-state index contributed by atoms with van der Waals surface area (Å²) in [5.74, 6) is -0.0868. The van der Waals surface area contributed by atoms with Gasteiger partial charge in [0.1, 0.15) is 0 Å². The highest BCUT2D eigenvalue weighted by molar-refractivity contribution is 6.30. The van der Waals surface area contributed by atoms with Gasteiger partial charge in [0.2, 0.25) is 0 Å². The van der Waals surface area contributed by atoms with E-state index in [1.807, 2.05) is 92.7 Å². The smallest absolute Gasteiger partial charge is 0.257 e. The average Bonchev–Trinajstić information content (AvgIpc) is 3.03.